The van der Waals surface area contributed by atoms with Crippen molar-refractivity contribution in [2.75, 3.05) is 4.90 Å². The van der Waals surface area contributed by atoms with Crippen LogP contribution >= 0.6 is 0 Å². The molecule has 0 spiro atoms. The van der Waals surface area contributed by atoms with Crippen LogP contribution in [0.2, 0.25) is 0 Å². The summed E-state index contributed by atoms with van der Waals surface area (Å²) in [7, 11) is 0. The zero-order valence-electron chi connectivity index (χ0n) is 14.7. The smallest absolute Gasteiger partial charge is 0.424 e. The van der Waals surface area contributed by atoms with Crippen LogP contribution in [-0.2, 0) is 14.3 Å². The van der Waals surface area contributed by atoms with Crippen molar-refractivity contribution in [2.45, 2.75) is 52.7 Å². The van der Waals surface area contributed by atoms with Crippen LogP contribution in [0, 0.1) is 0 Å². The number of anilines is 1. The first-order valence-corrected chi connectivity index (χ1v) is 7.37. The molecule has 7 heteroatoms. The van der Waals surface area contributed by atoms with Gasteiger partial charge in [0.2, 0.25) is 6.08 Å². The van der Waals surface area contributed by atoms with Gasteiger partial charge in [0.05, 0.1) is 5.69 Å². The van der Waals surface area contributed by atoms with E-state index in [0.29, 0.717) is 4.90 Å². The van der Waals surface area contributed by atoms with Gasteiger partial charge in [0.15, 0.2) is 0 Å². The van der Waals surface area contributed by atoms with Gasteiger partial charge in [0, 0.05) is 0 Å². The first kappa shape index (κ1) is 19.4. The molecule has 0 aliphatic carbocycles. The number of carbonyl (C=O) groups excluding carboxylic acids is 3. The van der Waals surface area contributed by atoms with Crippen LogP contribution in [0.25, 0.3) is 0 Å². The summed E-state index contributed by atoms with van der Waals surface area (Å²) in [5.41, 5.74) is -1.46. The maximum absolute atomic E-state index is 12.5. The quantitative estimate of drug-likeness (QED) is 0.593. The van der Waals surface area contributed by atoms with Gasteiger partial charge in [-0.1, -0.05) is 12.1 Å². The molecular formula is C17H22N2O5. The SMILES string of the molecule is CC(C)(C)OC(=O)N(C(=O)OC(C)(C)C)c1ccccc1N=C=O. The van der Waals surface area contributed by atoms with Crippen LogP contribution in [0.3, 0.4) is 0 Å². The largest absolute Gasteiger partial charge is 0.443 e. The van der Waals surface area contributed by atoms with Gasteiger partial charge in [-0.25, -0.2) is 14.4 Å². The van der Waals surface area contributed by atoms with E-state index < -0.39 is 23.4 Å². The first-order chi connectivity index (χ1) is 10.9. The van der Waals surface area contributed by atoms with Crippen LogP contribution in [0.5, 0.6) is 0 Å². The third kappa shape index (κ3) is 5.85. The summed E-state index contributed by atoms with van der Waals surface area (Å²) in [5.74, 6) is 0. The molecule has 0 saturated heterocycles. The average molecular weight is 334 g/mol. The minimum Gasteiger partial charge on any atom is -0.443 e. The van der Waals surface area contributed by atoms with Crippen molar-refractivity contribution in [2.24, 2.45) is 4.99 Å². The molecule has 24 heavy (non-hydrogen) atoms. The second-order valence-corrected chi connectivity index (χ2v) is 6.99. The van der Waals surface area contributed by atoms with Gasteiger partial charge in [-0.15, -0.1) is 0 Å². The fourth-order valence-corrected chi connectivity index (χ4v) is 1.68. The van der Waals surface area contributed by atoms with Crippen molar-refractivity contribution in [3.63, 3.8) is 0 Å². The number of amides is 2. The highest BCUT2D eigenvalue weighted by atomic mass is 16.6. The van der Waals surface area contributed by atoms with Crippen LogP contribution in [-0.4, -0.2) is 29.5 Å². The van der Waals surface area contributed by atoms with Gasteiger partial charge in [-0.2, -0.15) is 9.89 Å². The van der Waals surface area contributed by atoms with Crippen LogP contribution < -0.4 is 4.90 Å². The summed E-state index contributed by atoms with van der Waals surface area (Å²) in [4.78, 5) is 39.9. The third-order valence-electron chi connectivity index (χ3n) is 2.44. The van der Waals surface area contributed by atoms with Gasteiger partial charge < -0.3 is 9.47 Å². The number of isocyanates is 1. The molecule has 130 valence electrons. The molecule has 0 heterocycles. The molecule has 0 aliphatic heterocycles. The van der Waals surface area contributed by atoms with Gasteiger partial charge >= 0.3 is 12.2 Å². The van der Waals surface area contributed by atoms with E-state index in [0.717, 1.165) is 0 Å². The number of benzene rings is 1. The minimum atomic E-state index is -0.926. The normalized spacial score (nSPS) is 11.2. The molecule has 0 radical (unpaired) electrons. The number of imide groups is 1. The van der Waals surface area contributed by atoms with Crippen molar-refractivity contribution < 1.29 is 23.9 Å². The summed E-state index contributed by atoms with van der Waals surface area (Å²) in [5, 5.41) is 0. The van der Waals surface area contributed by atoms with Crippen molar-refractivity contribution in [3.8, 4) is 0 Å². The molecule has 1 rings (SSSR count). The van der Waals surface area contributed by atoms with Crippen molar-refractivity contribution >= 4 is 29.6 Å². The number of hydrogen-bond donors (Lipinski definition) is 0. The van der Waals surface area contributed by atoms with Crippen LogP contribution in [0.4, 0.5) is 21.0 Å². The highest BCUT2D eigenvalue weighted by Crippen LogP contribution is 2.30. The summed E-state index contributed by atoms with van der Waals surface area (Å²) < 4.78 is 10.5. The number of carbonyl (C=O) groups is 2. The van der Waals surface area contributed by atoms with E-state index in [2.05, 4.69) is 4.99 Å². The first-order valence-electron chi connectivity index (χ1n) is 7.37. The fourth-order valence-electron chi connectivity index (χ4n) is 1.68. The Kier molecular flexibility index (Phi) is 5.88. The highest BCUT2D eigenvalue weighted by Gasteiger charge is 2.33. The lowest BCUT2D eigenvalue weighted by Crippen LogP contribution is -2.43. The lowest BCUT2D eigenvalue weighted by atomic mass is 10.2. The molecule has 1 aromatic carbocycles. The molecule has 7 nitrogen and oxygen atoms in total. The molecule has 0 bridgehead atoms. The van der Waals surface area contributed by atoms with Crippen LogP contribution in [0.1, 0.15) is 41.5 Å². The van der Waals surface area contributed by atoms with E-state index in [-0.39, 0.29) is 11.4 Å². The second kappa shape index (κ2) is 7.27. The standard InChI is InChI=1S/C17H22N2O5/c1-16(2,3)23-14(21)19(15(22)24-17(4,5)6)13-10-8-7-9-12(13)18-11-20/h7-10H,1-6H3. The summed E-state index contributed by atoms with van der Waals surface area (Å²) >= 11 is 0. The lowest BCUT2D eigenvalue weighted by molar-refractivity contribution is 0.0431. The molecule has 2 amide bonds. The third-order valence-corrected chi connectivity index (χ3v) is 2.44. The molecule has 1 aromatic rings. The Labute approximate surface area is 141 Å². The van der Waals surface area contributed by atoms with E-state index in [1.54, 1.807) is 53.7 Å². The molecule has 0 N–H and O–H groups in total. The fraction of sp³-hybridized carbons (Fsp3) is 0.471. The molecular weight excluding hydrogens is 312 g/mol. The zero-order chi connectivity index (χ0) is 18.5. The molecule has 0 saturated carbocycles. The monoisotopic (exact) mass is 334 g/mol. The Morgan fingerprint density at radius 3 is 1.83 bits per heavy atom. The van der Waals surface area contributed by atoms with E-state index in [4.69, 9.17) is 9.47 Å². The molecule has 0 atom stereocenters. The van der Waals surface area contributed by atoms with Crippen molar-refractivity contribution in [3.05, 3.63) is 24.3 Å². The van der Waals surface area contributed by atoms with Crippen molar-refractivity contribution in [1.29, 1.82) is 0 Å². The Balaban J connectivity index is 3.36. The van der Waals surface area contributed by atoms with E-state index in [1.807, 2.05) is 0 Å². The van der Waals surface area contributed by atoms with E-state index in [9.17, 15) is 14.4 Å². The van der Waals surface area contributed by atoms with Gasteiger partial charge in [0.25, 0.3) is 0 Å². The number of para-hydroxylation sites is 2. The maximum Gasteiger partial charge on any atom is 0.424 e. The lowest BCUT2D eigenvalue weighted by Gasteiger charge is -2.29. The number of ether oxygens (including phenoxy) is 2. The Morgan fingerprint density at radius 1 is 0.958 bits per heavy atom. The minimum absolute atomic E-state index is 0.0735. The second-order valence-electron chi connectivity index (χ2n) is 6.99. The highest BCUT2D eigenvalue weighted by molar-refractivity contribution is 6.11. The number of aliphatic imine (C=N–C) groups is 1. The Hall–Kier alpha value is -2.66. The predicted octanol–water partition coefficient (Wildman–Crippen LogP) is 4.33. The number of nitrogens with zero attached hydrogens (tertiary/aromatic N) is 2. The topological polar surface area (TPSA) is 85.3 Å². The predicted molar refractivity (Wildman–Crippen MR) is 89.2 cm³/mol. The maximum atomic E-state index is 12.5. The number of hydrogen-bond acceptors (Lipinski definition) is 6. The summed E-state index contributed by atoms with van der Waals surface area (Å²) in [6.07, 6.45) is -0.454. The average Bonchev–Trinajstić information content (AvgIpc) is 2.37. The Bertz CT molecular complexity index is 636. The molecule has 0 unspecified atom stereocenters. The molecule has 0 aromatic heterocycles. The van der Waals surface area contributed by atoms with E-state index in [1.165, 1.54) is 18.2 Å². The summed E-state index contributed by atoms with van der Waals surface area (Å²) in [6, 6.07) is 6.15. The Morgan fingerprint density at radius 2 is 1.42 bits per heavy atom. The summed E-state index contributed by atoms with van der Waals surface area (Å²) in [6.45, 7) is 10.0. The van der Waals surface area contributed by atoms with Crippen molar-refractivity contribution in [1.82, 2.24) is 0 Å². The molecule has 0 aliphatic rings. The van der Waals surface area contributed by atoms with Gasteiger partial charge in [-0.3, -0.25) is 0 Å². The van der Waals surface area contributed by atoms with Gasteiger partial charge in [0.1, 0.15) is 16.9 Å². The number of rotatable bonds is 2. The van der Waals surface area contributed by atoms with Gasteiger partial charge in [-0.05, 0) is 53.7 Å². The van der Waals surface area contributed by atoms with E-state index >= 15 is 0 Å². The van der Waals surface area contributed by atoms with Crippen LogP contribution in [0.15, 0.2) is 29.3 Å². The molecule has 0 fully saturated rings. The zero-order valence-corrected chi connectivity index (χ0v) is 14.7.